The largest absolute Gasteiger partial charge is 0.495 e. The van der Waals surface area contributed by atoms with Crippen molar-refractivity contribution in [2.24, 2.45) is 5.41 Å². The number of nitrogens with zero attached hydrogens (tertiary/aromatic N) is 5. The van der Waals surface area contributed by atoms with Gasteiger partial charge in [-0.15, -0.1) is 0 Å². The van der Waals surface area contributed by atoms with Crippen LogP contribution in [0.5, 0.6) is 5.75 Å². The third kappa shape index (κ3) is 6.04. The van der Waals surface area contributed by atoms with E-state index in [1.165, 1.54) is 0 Å². The van der Waals surface area contributed by atoms with Crippen molar-refractivity contribution in [3.8, 4) is 5.75 Å². The fourth-order valence-corrected chi connectivity index (χ4v) is 4.19. The number of hydrogen-bond acceptors (Lipinski definition) is 8. The zero-order valence-electron chi connectivity index (χ0n) is 22.7. The van der Waals surface area contributed by atoms with Gasteiger partial charge in [0.25, 0.3) is 5.91 Å². The van der Waals surface area contributed by atoms with E-state index >= 15 is 0 Å². The first-order valence-corrected chi connectivity index (χ1v) is 12.2. The molecule has 1 aromatic carbocycles. The number of nitrogens with one attached hydrogen (secondary N) is 2. The van der Waals surface area contributed by atoms with Crippen molar-refractivity contribution in [1.82, 2.24) is 20.2 Å². The molecule has 0 saturated carbocycles. The van der Waals surface area contributed by atoms with Crippen molar-refractivity contribution in [3.63, 3.8) is 0 Å². The molecule has 1 aliphatic rings. The van der Waals surface area contributed by atoms with Gasteiger partial charge in [0, 0.05) is 31.7 Å². The zero-order chi connectivity index (χ0) is 26.6. The number of hydrogen-bond donors (Lipinski definition) is 2. The van der Waals surface area contributed by atoms with Crippen molar-refractivity contribution < 1.29 is 14.3 Å². The Labute approximate surface area is 214 Å². The molecule has 2 amide bonds. The van der Waals surface area contributed by atoms with Gasteiger partial charge in [0.05, 0.1) is 24.4 Å². The first kappa shape index (κ1) is 27.2. The number of ether oxygens (including phenoxy) is 1. The topological polar surface area (TPSA) is 103 Å². The van der Waals surface area contributed by atoms with Crippen LogP contribution in [0, 0.1) is 5.41 Å². The van der Waals surface area contributed by atoms with Gasteiger partial charge in [-0.3, -0.25) is 9.59 Å². The highest BCUT2D eigenvalue weighted by Gasteiger charge is 2.39. The Morgan fingerprint density at radius 2 is 2.00 bits per heavy atom. The molecule has 2 heterocycles. The Kier molecular flexibility index (Phi) is 8.39. The first-order chi connectivity index (χ1) is 16.9. The molecule has 0 saturated heterocycles. The van der Waals surface area contributed by atoms with Crippen LogP contribution in [0.2, 0.25) is 0 Å². The monoisotopic (exact) mass is 497 g/mol. The number of aromatic nitrogens is 2. The normalized spacial score (nSPS) is 15.1. The van der Waals surface area contributed by atoms with Crippen LogP contribution < -0.4 is 25.2 Å². The van der Waals surface area contributed by atoms with Gasteiger partial charge in [0.2, 0.25) is 11.9 Å². The first-order valence-electron chi connectivity index (χ1n) is 12.2. The Bertz CT molecular complexity index is 1100. The number of methoxy groups -OCH3 is 1. The highest BCUT2D eigenvalue weighted by Crippen LogP contribution is 2.38. The number of rotatable bonds is 9. The number of carbonyl (C=O) groups is 2. The van der Waals surface area contributed by atoms with E-state index in [2.05, 4.69) is 39.3 Å². The maximum atomic E-state index is 13.0. The summed E-state index contributed by atoms with van der Waals surface area (Å²) in [6.45, 7) is 10.1. The van der Waals surface area contributed by atoms with Crippen molar-refractivity contribution in [1.29, 1.82) is 0 Å². The van der Waals surface area contributed by atoms with Crippen molar-refractivity contribution in [3.05, 3.63) is 30.0 Å². The zero-order valence-corrected chi connectivity index (χ0v) is 22.7. The molecule has 10 nitrogen and oxygen atoms in total. The fourth-order valence-electron chi connectivity index (χ4n) is 4.19. The van der Waals surface area contributed by atoms with E-state index in [1.807, 2.05) is 27.9 Å². The average Bonchev–Trinajstić information content (AvgIpc) is 2.90. The number of amides is 2. The summed E-state index contributed by atoms with van der Waals surface area (Å²) < 4.78 is 5.55. The van der Waals surface area contributed by atoms with Gasteiger partial charge in [0.1, 0.15) is 11.4 Å². The number of fused-ring (bicyclic) bond motifs is 1. The molecule has 36 heavy (non-hydrogen) atoms. The minimum Gasteiger partial charge on any atom is -0.495 e. The van der Waals surface area contributed by atoms with E-state index in [-0.39, 0.29) is 17.9 Å². The highest BCUT2D eigenvalue weighted by molar-refractivity contribution is 6.01. The van der Waals surface area contributed by atoms with Gasteiger partial charge >= 0.3 is 0 Å². The molecular formula is C26H39N7O3. The van der Waals surface area contributed by atoms with E-state index < -0.39 is 5.41 Å². The number of anilines is 4. The van der Waals surface area contributed by atoms with E-state index in [4.69, 9.17) is 9.72 Å². The van der Waals surface area contributed by atoms with Gasteiger partial charge in [0.15, 0.2) is 5.82 Å². The number of carbonyl (C=O) groups excluding carboxylic acids is 2. The molecule has 0 atom stereocenters. The van der Waals surface area contributed by atoms with Crippen molar-refractivity contribution >= 4 is 35.0 Å². The Balaban J connectivity index is 1.84. The van der Waals surface area contributed by atoms with Crippen LogP contribution in [-0.2, 0) is 4.79 Å². The molecular weight excluding hydrogens is 458 g/mol. The molecule has 1 aliphatic heterocycles. The SMILES string of the molecule is COc1cc(C(=O)NCCCN(C)C)ccc1Nc1ncc2c(n1)N(C(C)C)CC(C)(C)C(=O)N2C. The molecule has 0 bridgehead atoms. The molecule has 0 fully saturated rings. The molecule has 2 aromatic rings. The Morgan fingerprint density at radius 3 is 2.64 bits per heavy atom. The fraction of sp³-hybridized carbons (Fsp3) is 0.538. The molecule has 2 N–H and O–H groups in total. The molecule has 196 valence electrons. The van der Waals surface area contributed by atoms with Crippen molar-refractivity contribution in [2.45, 2.75) is 40.2 Å². The van der Waals surface area contributed by atoms with Crippen molar-refractivity contribution in [2.75, 3.05) is 63.0 Å². The summed E-state index contributed by atoms with van der Waals surface area (Å²) in [6.07, 6.45) is 2.54. The van der Waals surface area contributed by atoms with E-state index in [1.54, 1.807) is 43.5 Å². The molecule has 0 radical (unpaired) electrons. The van der Waals surface area contributed by atoms with Crippen LogP contribution in [0.25, 0.3) is 0 Å². The maximum absolute atomic E-state index is 13.0. The van der Waals surface area contributed by atoms with E-state index in [9.17, 15) is 9.59 Å². The second kappa shape index (κ2) is 11.1. The minimum absolute atomic E-state index is 0.0217. The lowest BCUT2D eigenvalue weighted by Gasteiger charge is -2.32. The predicted molar refractivity (Wildman–Crippen MR) is 143 cm³/mol. The lowest BCUT2D eigenvalue weighted by molar-refractivity contribution is -0.125. The lowest BCUT2D eigenvalue weighted by atomic mass is 9.91. The molecule has 10 heteroatoms. The summed E-state index contributed by atoms with van der Waals surface area (Å²) in [6, 6.07) is 5.35. The van der Waals surface area contributed by atoms with Crippen LogP contribution >= 0.6 is 0 Å². The van der Waals surface area contributed by atoms with Gasteiger partial charge in [-0.2, -0.15) is 4.98 Å². The van der Waals surface area contributed by atoms with E-state index in [0.717, 1.165) is 13.0 Å². The third-order valence-corrected chi connectivity index (χ3v) is 6.23. The molecule has 0 spiro atoms. The summed E-state index contributed by atoms with van der Waals surface area (Å²) in [7, 11) is 7.33. The summed E-state index contributed by atoms with van der Waals surface area (Å²) in [4.78, 5) is 40.7. The van der Waals surface area contributed by atoms with Gasteiger partial charge in [-0.25, -0.2) is 4.98 Å². The summed E-state index contributed by atoms with van der Waals surface area (Å²) >= 11 is 0. The van der Waals surface area contributed by atoms with Gasteiger partial charge < -0.3 is 30.1 Å². The molecule has 1 aromatic heterocycles. The second-order valence-electron chi connectivity index (χ2n) is 10.3. The molecule has 0 aliphatic carbocycles. The van der Waals surface area contributed by atoms with Crippen LogP contribution in [0.4, 0.5) is 23.1 Å². The standard InChI is InChI=1S/C26H39N7O3/c1-17(2)33-16-26(3,4)24(35)32(7)20-15-28-25(30-22(20)33)29-19-11-10-18(14-21(19)36-8)23(34)27-12-9-13-31(5)6/h10-11,14-15,17H,9,12-13,16H2,1-8H3,(H,27,34)(H,28,29,30). The molecule has 3 rings (SSSR count). The Morgan fingerprint density at radius 1 is 1.28 bits per heavy atom. The maximum Gasteiger partial charge on any atom is 0.251 e. The van der Waals surface area contributed by atoms with Gasteiger partial charge in [-0.05, 0) is 73.0 Å². The second-order valence-corrected chi connectivity index (χ2v) is 10.3. The highest BCUT2D eigenvalue weighted by atomic mass is 16.5. The number of benzene rings is 1. The van der Waals surface area contributed by atoms with Crippen LogP contribution in [0.3, 0.4) is 0 Å². The Hall–Kier alpha value is -3.40. The average molecular weight is 498 g/mol. The van der Waals surface area contributed by atoms with Crippen LogP contribution in [0.15, 0.2) is 24.4 Å². The summed E-state index contributed by atoms with van der Waals surface area (Å²) in [5, 5.41) is 6.16. The molecule has 0 unspecified atom stereocenters. The summed E-state index contributed by atoms with van der Waals surface area (Å²) in [5.74, 6) is 1.44. The van der Waals surface area contributed by atoms with Crippen LogP contribution in [-0.4, -0.2) is 80.6 Å². The quantitative estimate of drug-likeness (QED) is 0.510. The lowest BCUT2D eigenvalue weighted by Crippen LogP contribution is -2.44. The third-order valence-electron chi connectivity index (χ3n) is 6.23. The predicted octanol–water partition coefficient (Wildman–Crippen LogP) is 3.13. The smallest absolute Gasteiger partial charge is 0.251 e. The minimum atomic E-state index is -0.570. The summed E-state index contributed by atoms with van der Waals surface area (Å²) in [5.41, 5.74) is 1.24. The van der Waals surface area contributed by atoms with Gasteiger partial charge in [-0.1, -0.05) is 0 Å². The van der Waals surface area contributed by atoms with E-state index in [0.29, 0.717) is 47.5 Å². The van der Waals surface area contributed by atoms with Crippen LogP contribution in [0.1, 0.15) is 44.5 Å².